The highest BCUT2D eigenvalue weighted by atomic mass is 19.1. The van der Waals surface area contributed by atoms with Gasteiger partial charge in [-0.25, -0.2) is 8.78 Å². The molecule has 1 aromatic rings. The van der Waals surface area contributed by atoms with Gasteiger partial charge in [-0.3, -0.25) is 9.69 Å². The molecule has 0 radical (unpaired) electrons. The molecule has 0 saturated carbocycles. The van der Waals surface area contributed by atoms with E-state index in [0.717, 1.165) is 31.8 Å². The van der Waals surface area contributed by atoms with Crippen LogP contribution in [-0.4, -0.2) is 43.0 Å². The number of nitrogens with zero attached hydrogens (tertiary/aromatic N) is 1. The van der Waals surface area contributed by atoms with E-state index in [0.29, 0.717) is 6.04 Å². The van der Waals surface area contributed by atoms with E-state index in [4.69, 9.17) is 0 Å². The third-order valence-corrected chi connectivity index (χ3v) is 3.03. The summed E-state index contributed by atoms with van der Waals surface area (Å²) in [6.07, 6.45) is 0. The Bertz CT molecular complexity index is 467. The van der Waals surface area contributed by atoms with E-state index in [2.05, 4.69) is 10.6 Å². The van der Waals surface area contributed by atoms with Gasteiger partial charge in [0, 0.05) is 31.7 Å². The lowest BCUT2D eigenvalue weighted by Crippen LogP contribution is -2.51. The first kappa shape index (κ1) is 13.9. The Morgan fingerprint density at radius 1 is 1.53 bits per heavy atom. The minimum Gasteiger partial charge on any atom is -0.322 e. The lowest BCUT2D eigenvalue weighted by atomic mass is 10.2. The first-order valence-corrected chi connectivity index (χ1v) is 6.25. The number of halogens is 2. The first-order chi connectivity index (χ1) is 9.04. The fourth-order valence-corrected chi connectivity index (χ4v) is 2.14. The van der Waals surface area contributed by atoms with Crippen molar-refractivity contribution in [3.63, 3.8) is 0 Å². The highest BCUT2D eigenvalue weighted by Crippen LogP contribution is 2.14. The molecule has 1 atom stereocenters. The summed E-state index contributed by atoms with van der Waals surface area (Å²) in [4.78, 5) is 13.8. The van der Waals surface area contributed by atoms with Gasteiger partial charge >= 0.3 is 0 Å². The Morgan fingerprint density at radius 2 is 2.32 bits per heavy atom. The normalized spacial score (nSPS) is 20.3. The molecule has 1 heterocycles. The number of carbonyl (C=O) groups excluding carboxylic acids is 1. The molecule has 0 bridgehead atoms. The second kappa shape index (κ2) is 6.08. The van der Waals surface area contributed by atoms with E-state index in [-0.39, 0.29) is 18.1 Å². The summed E-state index contributed by atoms with van der Waals surface area (Å²) in [5.74, 6) is -1.71. The number of carbonyl (C=O) groups is 1. The third-order valence-electron chi connectivity index (χ3n) is 3.03. The molecule has 19 heavy (non-hydrogen) atoms. The van der Waals surface area contributed by atoms with Crippen LogP contribution in [0.3, 0.4) is 0 Å². The Kier molecular flexibility index (Phi) is 4.44. The zero-order valence-electron chi connectivity index (χ0n) is 10.7. The molecule has 6 heteroatoms. The molecule has 2 rings (SSSR count). The Morgan fingerprint density at radius 3 is 3.00 bits per heavy atom. The number of rotatable bonds is 3. The summed E-state index contributed by atoms with van der Waals surface area (Å²) in [5, 5.41) is 5.73. The SMILES string of the molecule is C[C@@H]1CN(CC(=O)Nc2ccc(F)cc2F)CCN1. The fraction of sp³-hybridized carbons (Fsp3) is 0.462. The molecule has 2 N–H and O–H groups in total. The summed E-state index contributed by atoms with van der Waals surface area (Å²) < 4.78 is 26.1. The number of hydrogen-bond acceptors (Lipinski definition) is 3. The Labute approximate surface area is 110 Å². The van der Waals surface area contributed by atoms with Crippen molar-refractivity contribution in [2.24, 2.45) is 0 Å². The van der Waals surface area contributed by atoms with Gasteiger partial charge in [0.25, 0.3) is 0 Å². The molecule has 1 amide bonds. The van der Waals surface area contributed by atoms with Crippen LogP contribution in [0.15, 0.2) is 18.2 Å². The highest BCUT2D eigenvalue weighted by molar-refractivity contribution is 5.92. The number of anilines is 1. The second-order valence-corrected chi connectivity index (χ2v) is 4.76. The number of hydrogen-bond donors (Lipinski definition) is 2. The van der Waals surface area contributed by atoms with Crippen LogP contribution in [0.1, 0.15) is 6.92 Å². The van der Waals surface area contributed by atoms with Crippen LogP contribution >= 0.6 is 0 Å². The van der Waals surface area contributed by atoms with Gasteiger partial charge in [-0.2, -0.15) is 0 Å². The van der Waals surface area contributed by atoms with E-state index in [9.17, 15) is 13.6 Å². The minimum atomic E-state index is -0.762. The number of amides is 1. The Hall–Kier alpha value is -1.53. The quantitative estimate of drug-likeness (QED) is 0.866. The van der Waals surface area contributed by atoms with Crippen molar-refractivity contribution in [2.45, 2.75) is 13.0 Å². The summed E-state index contributed by atoms with van der Waals surface area (Å²) in [7, 11) is 0. The average molecular weight is 269 g/mol. The predicted octanol–water partition coefficient (Wildman–Crippen LogP) is 1.20. The molecular weight excluding hydrogens is 252 g/mol. The van der Waals surface area contributed by atoms with Gasteiger partial charge < -0.3 is 10.6 Å². The van der Waals surface area contributed by atoms with Crippen LogP contribution in [0.4, 0.5) is 14.5 Å². The molecule has 0 aliphatic carbocycles. The third kappa shape index (κ3) is 3.97. The minimum absolute atomic E-state index is 0.00887. The van der Waals surface area contributed by atoms with Crippen LogP contribution in [0, 0.1) is 11.6 Å². The average Bonchev–Trinajstić information content (AvgIpc) is 2.33. The van der Waals surface area contributed by atoms with Crippen molar-refractivity contribution in [2.75, 3.05) is 31.5 Å². The van der Waals surface area contributed by atoms with Crippen molar-refractivity contribution in [3.8, 4) is 0 Å². The topological polar surface area (TPSA) is 44.4 Å². The van der Waals surface area contributed by atoms with Gasteiger partial charge in [-0.15, -0.1) is 0 Å². The first-order valence-electron chi connectivity index (χ1n) is 6.25. The van der Waals surface area contributed by atoms with E-state index < -0.39 is 11.6 Å². The molecule has 0 unspecified atom stereocenters. The second-order valence-electron chi connectivity index (χ2n) is 4.76. The van der Waals surface area contributed by atoms with Crippen molar-refractivity contribution in [1.29, 1.82) is 0 Å². The van der Waals surface area contributed by atoms with E-state index >= 15 is 0 Å². The van der Waals surface area contributed by atoms with Crippen molar-refractivity contribution in [3.05, 3.63) is 29.8 Å². The standard InChI is InChI=1S/C13H17F2N3O/c1-9-7-18(5-4-16-9)8-13(19)17-12-3-2-10(14)6-11(12)15/h2-3,6,9,16H,4-5,7-8H2,1H3,(H,17,19)/t9-/m1/s1. The van der Waals surface area contributed by atoms with Gasteiger partial charge in [0.05, 0.1) is 12.2 Å². The van der Waals surface area contributed by atoms with E-state index in [1.54, 1.807) is 0 Å². The largest absolute Gasteiger partial charge is 0.322 e. The zero-order chi connectivity index (χ0) is 13.8. The lowest BCUT2D eigenvalue weighted by molar-refractivity contribution is -0.117. The van der Waals surface area contributed by atoms with E-state index in [1.807, 2.05) is 11.8 Å². The highest BCUT2D eigenvalue weighted by Gasteiger charge is 2.18. The molecule has 1 saturated heterocycles. The molecule has 1 aromatic carbocycles. The van der Waals surface area contributed by atoms with Crippen molar-refractivity contribution < 1.29 is 13.6 Å². The summed E-state index contributed by atoms with van der Waals surface area (Å²) >= 11 is 0. The van der Waals surface area contributed by atoms with Crippen LogP contribution in [0.5, 0.6) is 0 Å². The maximum atomic E-state index is 13.4. The number of piperazine rings is 1. The maximum Gasteiger partial charge on any atom is 0.238 e. The lowest BCUT2D eigenvalue weighted by Gasteiger charge is -2.31. The monoisotopic (exact) mass is 269 g/mol. The molecule has 0 aromatic heterocycles. The number of nitrogens with one attached hydrogen (secondary N) is 2. The zero-order valence-corrected chi connectivity index (χ0v) is 10.7. The van der Waals surface area contributed by atoms with Crippen LogP contribution in [0.25, 0.3) is 0 Å². The summed E-state index contributed by atoms with van der Waals surface area (Å²) in [6, 6.07) is 3.43. The smallest absolute Gasteiger partial charge is 0.238 e. The van der Waals surface area contributed by atoms with Crippen molar-refractivity contribution >= 4 is 11.6 Å². The van der Waals surface area contributed by atoms with Gasteiger partial charge in [0.2, 0.25) is 5.91 Å². The van der Waals surface area contributed by atoms with Gasteiger partial charge in [0.15, 0.2) is 0 Å². The molecule has 104 valence electrons. The number of benzene rings is 1. The molecule has 1 fully saturated rings. The molecule has 4 nitrogen and oxygen atoms in total. The van der Waals surface area contributed by atoms with E-state index in [1.165, 1.54) is 6.07 Å². The van der Waals surface area contributed by atoms with Crippen LogP contribution < -0.4 is 10.6 Å². The molecule has 0 spiro atoms. The fourth-order valence-electron chi connectivity index (χ4n) is 2.14. The maximum absolute atomic E-state index is 13.4. The molecular formula is C13H17F2N3O. The molecule has 1 aliphatic heterocycles. The van der Waals surface area contributed by atoms with Gasteiger partial charge in [-0.05, 0) is 19.1 Å². The van der Waals surface area contributed by atoms with Crippen LogP contribution in [-0.2, 0) is 4.79 Å². The van der Waals surface area contributed by atoms with Gasteiger partial charge in [-0.1, -0.05) is 0 Å². The summed E-state index contributed by atoms with van der Waals surface area (Å²) in [5.41, 5.74) is 0.00887. The van der Waals surface area contributed by atoms with Crippen LogP contribution in [0.2, 0.25) is 0 Å². The molecule has 1 aliphatic rings. The Balaban J connectivity index is 1.90. The van der Waals surface area contributed by atoms with Gasteiger partial charge in [0.1, 0.15) is 11.6 Å². The summed E-state index contributed by atoms with van der Waals surface area (Å²) in [6.45, 7) is 4.65. The van der Waals surface area contributed by atoms with Crippen molar-refractivity contribution in [1.82, 2.24) is 10.2 Å². The predicted molar refractivity (Wildman–Crippen MR) is 68.9 cm³/mol.